The number of carbonyl (C=O) groups is 1. The van der Waals surface area contributed by atoms with E-state index in [0.29, 0.717) is 19.4 Å². The van der Waals surface area contributed by atoms with Crippen molar-refractivity contribution in [2.75, 3.05) is 6.54 Å². The summed E-state index contributed by atoms with van der Waals surface area (Å²) < 4.78 is 26.3. The minimum absolute atomic E-state index is 0.00487. The molecule has 1 unspecified atom stereocenters. The van der Waals surface area contributed by atoms with Gasteiger partial charge in [-0.3, -0.25) is 9.78 Å². The van der Waals surface area contributed by atoms with Crippen LogP contribution in [0, 0.1) is 5.82 Å². The van der Waals surface area contributed by atoms with E-state index < -0.39 is 5.79 Å². The number of carbonyl (C=O) groups excluding carboxylic acids is 1. The zero-order valence-electron chi connectivity index (χ0n) is 23.8. The topological polar surface area (TPSA) is 60.5 Å². The molecule has 4 rings (SSSR count). The maximum absolute atomic E-state index is 13.9. The number of aromatic nitrogens is 1. The first-order valence-corrected chi connectivity index (χ1v) is 14.2. The zero-order chi connectivity index (χ0) is 28.0. The summed E-state index contributed by atoms with van der Waals surface area (Å²) in [7, 11) is 0. The third-order valence-electron chi connectivity index (χ3n) is 7.30. The molecule has 2 aromatic carbocycles. The molecule has 0 saturated carbocycles. The largest absolute Gasteiger partial charge is 0.356 e. The molecule has 0 bridgehead atoms. The molecular weight excluding hydrogens is 491 g/mol. The van der Waals surface area contributed by atoms with Crippen molar-refractivity contribution in [3.05, 3.63) is 71.7 Å². The number of pyridine rings is 1. The Kier molecular flexibility index (Phi) is 9.52. The molecule has 1 aliphatic heterocycles. The van der Waals surface area contributed by atoms with E-state index in [9.17, 15) is 9.18 Å². The van der Waals surface area contributed by atoms with Crippen LogP contribution in [0.5, 0.6) is 0 Å². The number of benzene rings is 2. The summed E-state index contributed by atoms with van der Waals surface area (Å²) in [6, 6.07) is 14.8. The number of hydrogen-bond acceptors (Lipinski definition) is 4. The van der Waals surface area contributed by atoms with E-state index in [1.165, 1.54) is 12.1 Å². The van der Waals surface area contributed by atoms with Crippen molar-refractivity contribution < 1.29 is 18.7 Å². The highest BCUT2D eigenvalue weighted by Gasteiger charge is 2.35. The van der Waals surface area contributed by atoms with Gasteiger partial charge in [-0.25, -0.2) is 4.39 Å². The Labute approximate surface area is 231 Å². The number of fused-ring (bicyclic) bond motifs is 1. The standard InChI is InChI=1S/C33H41FN2O3/c1-6-8-19-35-30(37)21-26-20-25(38-33(4,5)39-26)17-18-28-31(23-13-15-24(34)16-14-23)27-11-9-10-12-29(27)36-32(28)22(3)7-2/h9-18,22,25-26H,6-8,19-21H2,1-5H3,(H,35,37)/b18-17+/t22?,25-,26-/m1/s1. The molecule has 1 amide bonds. The number of hydrogen-bond donors (Lipinski definition) is 1. The van der Waals surface area contributed by atoms with Gasteiger partial charge in [0.25, 0.3) is 0 Å². The summed E-state index contributed by atoms with van der Waals surface area (Å²) in [6.07, 6.45) is 7.50. The molecule has 5 nitrogen and oxygen atoms in total. The molecule has 1 fully saturated rings. The molecule has 39 heavy (non-hydrogen) atoms. The predicted octanol–water partition coefficient (Wildman–Crippen LogP) is 7.78. The van der Waals surface area contributed by atoms with E-state index in [4.69, 9.17) is 14.5 Å². The number of amides is 1. The number of nitrogens with zero attached hydrogens (tertiary/aromatic N) is 1. The second-order valence-corrected chi connectivity index (χ2v) is 10.9. The molecule has 3 atom stereocenters. The average Bonchev–Trinajstić information content (AvgIpc) is 2.90. The fourth-order valence-corrected chi connectivity index (χ4v) is 5.19. The van der Waals surface area contributed by atoms with Gasteiger partial charge in [0, 0.05) is 29.5 Å². The van der Waals surface area contributed by atoms with Crippen LogP contribution in [-0.4, -0.2) is 35.4 Å². The zero-order valence-corrected chi connectivity index (χ0v) is 23.8. The first kappa shape index (κ1) is 28.9. The van der Waals surface area contributed by atoms with Crippen LogP contribution < -0.4 is 5.32 Å². The summed E-state index contributed by atoms with van der Waals surface area (Å²) >= 11 is 0. The third-order valence-corrected chi connectivity index (χ3v) is 7.30. The number of halogens is 1. The van der Waals surface area contributed by atoms with E-state index in [0.717, 1.165) is 52.5 Å². The molecule has 1 aliphatic rings. The first-order valence-electron chi connectivity index (χ1n) is 14.2. The number of para-hydroxylation sites is 1. The van der Waals surface area contributed by atoms with Gasteiger partial charge in [-0.2, -0.15) is 0 Å². The van der Waals surface area contributed by atoms with Crippen LogP contribution >= 0.6 is 0 Å². The Morgan fingerprint density at radius 1 is 1.15 bits per heavy atom. The SMILES string of the molecule is CCCCNC(=O)C[C@H]1C[C@@H](/C=C/c2c(C(C)CC)nc3ccccc3c2-c2ccc(F)cc2)OC(C)(C)O1. The smallest absolute Gasteiger partial charge is 0.222 e. The Balaban J connectivity index is 1.72. The lowest BCUT2D eigenvalue weighted by atomic mass is 9.89. The van der Waals surface area contributed by atoms with Crippen molar-refractivity contribution in [3.63, 3.8) is 0 Å². The number of unbranched alkanes of at least 4 members (excludes halogenated alkanes) is 1. The lowest BCUT2D eigenvalue weighted by Crippen LogP contribution is -2.45. The van der Waals surface area contributed by atoms with Gasteiger partial charge in [0.05, 0.1) is 29.8 Å². The van der Waals surface area contributed by atoms with E-state index in [1.807, 2.05) is 44.2 Å². The second kappa shape index (κ2) is 12.8. The molecule has 3 aromatic rings. The molecule has 0 aliphatic carbocycles. The molecular formula is C33H41FN2O3. The highest BCUT2D eigenvalue weighted by molar-refractivity contribution is 5.99. The van der Waals surface area contributed by atoms with Gasteiger partial charge in [0.15, 0.2) is 5.79 Å². The quantitative estimate of drug-likeness (QED) is 0.271. The van der Waals surface area contributed by atoms with E-state index in [1.54, 1.807) is 0 Å². The summed E-state index contributed by atoms with van der Waals surface area (Å²) in [5.41, 5.74) is 4.91. The lowest BCUT2D eigenvalue weighted by molar-refractivity contribution is -0.289. The minimum atomic E-state index is -0.817. The number of rotatable bonds is 10. The molecule has 2 heterocycles. The monoisotopic (exact) mass is 532 g/mol. The van der Waals surface area contributed by atoms with Crippen molar-refractivity contribution in [1.82, 2.24) is 10.3 Å². The van der Waals surface area contributed by atoms with Gasteiger partial charge in [-0.15, -0.1) is 0 Å². The first-order chi connectivity index (χ1) is 18.7. The van der Waals surface area contributed by atoms with Crippen LogP contribution in [0.4, 0.5) is 4.39 Å². The van der Waals surface area contributed by atoms with Crippen molar-refractivity contribution in [2.24, 2.45) is 0 Å². The van der Waals surface area contributed by atoms with E-state index >= 15 is 0 Å². The third kappa shape index (κ3) is 7.31. The highest BCUT2D eigenvalue weighted by Crippen LogP contribution is 2.38. The normalized spacial score (nSPS) is 19.8. The summed E-state index contributed by atoms with van der Waals surface area (Å²) in [5, 5.41) is 4.01. The van der Waals surface area contributed by atoms with Crippen LogP contribution in [0.1, 0.15) is 83.9 Å². The molecule has 0 radical (unpaired) electrons. The Morgan fingerprint density at radius 3 is 2.62 bits per heavy atom. The van der Waals surface area contributed by atoms with Crippen LogP contribution in [-0.2, 0) is 14.3 Å². The maximum atomic E-state index is 13.9. The van der Waals surface area contributed by atoms with Gasteiger partial charge < -0.3 is 14.8 Å². The molecule has 208 valence electrons. The molecule has 1 saturated heterocycles. The lowest BCUT2D eigenvalue weighted by Gasteiger charge is -2.39. The van der Waals surface area contributed by atoms with Crippen molar-refractivity contribution >= 4 is 22.9 Å². The highest BCUT2D eigenvalue weighted by atomic mass is 19.1. The summed E-state index contributed by atoms with van der Waals surface area (Å²) in [5.74, 6) is -0.855. The van der Waals surface area contributed by atoms with E-state index in [2.05, 4.69) is 44.3 Å². The number of ether oxygens (including phenoxy) is 2. The van der Waals surface area contributed by atoms with Crippen molar-refractivity contribution in [3.8, 4) is 11.1 Å². The van der Waals surface area contributed by atoms with Gasteiger partial charge in [-0.05, 0) is 56.4 Å². The average molecular weight is 533 g/mol. The molecule has 1 aromatic heterocycles. The van der Waals surface area contributed by atoms with Crippen LogP contribution in [0.15, 0.2) is 54.6 Å². The van der Waals surface area contributed by atoms with Crippen LogP contribution in [0.3, 0.4) is 0 Å². The fourth-order valence-electron chi connectivity index (χ4n) is 5.19. The Bertz CT molecular complexity index is 1300. The molecule has 1 N–H and O–H groups in total. The van der Waals surface area contributed by atoms with E-state index in [-0.39, 0.29) is 29.9 Å². The van der Waals surface area contributed by atoms with Gasteiger partial charge in [0.1, 0.15) is 5.82 Å². The summed E-state index contributed by atoms with van der Waals surface area (Å²) in [6.45, 7) is 10.9. The van der Waals surface area contributed by atoms with Crippen molar-refractivity contribution in [2.45, 2.75) is 90.6 Å². The minimum Gasteiger partial charge on any atom is -0.356 e. The fraction of sp³-hybridized carbons (Fsp3) is 0.455. The van der Waals surface area contributed by atoms with Crippen LogP contribution in [0.25, 0.3) is 28.1 Å². The number of nitrogens with one attached hydrogen (secondary N) is 1. The van der Waals surface area contributed by atoms with Gasteiger partial charge in [0.2, 0.25) is 5.91 Å². The maximum Gasteiger partial charge on any atom is 0.222 e. The predicted molar refractivity (Wildman–Crippen MR) is 156 cm³/mol. The Hall–Kier alpha value is -3.09. The Morgan fingerprint density at radius 2 is 1.90 bits per heavy atom. The molecule has 6 heteroatoms. The summed E-state index contributed by atoms with van der Waals surface area (Å²) in [4.78, 5) is 17.6. The van der Waals surface area contributed by atoms with Crippen molar-refractivity contribution in [1.29, 1.82) is 0 Å². The van der Waals surface area contributed by atoms with Gasteiger partial charge >= 0.3 is 0 Å². The van der Waals surface area contributed by atoms with Gasteiger partial charge in [-0.1, -0.05) is 69.7 Å². The molecule has 0 spiro atoms. The second-order valence-electron chi connectivity index (χ2n) is 10.9. The van der Waals surface area contributed by atoms with Crippen LogP contribution in [0.2, 0.25) is 0 Å².